The van der Waals surface area contributed by atoms with E-state index in [4.69, 9.17) is 16.3 Å². The molecule has 0 saturated heterocycles. The van der Waals surface area contributed by atoms with E-state index in [0.717, 1.165) is 11.1 Å². The molecule has 0 saturated carbocycles. The minimum Gasteiger partial charge on any atom is -0.495 e. The summed E-state index contributed by atoms with van der Waals surface area (Å²) in [6.07, 6.45) is 6.65. The van der Waals surface area contributed by atoms with E-state index < -0.39 is 0 Å². The molecule has 0 N–H and O–H groups in total. The molecule has 2 aromatic rings. The first-order valence-corrected chi connectivity index (χ1v) is 4.64. The standard InChI is InChI=1S/C10H8ClN3O/c1-15-9-2-7(3-12-6-9)8-4-13-10(11)14-5-8/h2-6H,1H3. The molecule has 76 valence electrons. The molecular formula is C10H8ClN3O. The number of ether oxygens (including phenoxy) is 1. The summed E-state index contributed by atoms with van der Waals surface area (Å²) in [4.78, 5) is 11.8. The number of halogens is 1. The van der Waals surface area contributed by atoms with E-state index in [1.807, 2.05) is 6.07 Å². The zero-order chi connectivity index (χ0) is 10.7. The third-order valence-electron chi connectivity index (χ3n) is 1.90. The highest BCUT2D eigenvalue weighted by Gasteiger charge is 2.01. The van der Waals surface area contributed by atoms with Crippen molar-refractivity contribution in [3.05, 3.63) is 36.1 Å². The van der Waals surface area contributed by atoms with E-state index in [2.05, 4.69) is 15.0 Å². The van der Waals surface area contributed by atoms with Crippen LogP contribution in [0.25, 0.3) is 11.1 Å². The minimum atomic E-state index is 0.231. The van der Waals surface area contributed by atoms with Gasteiger partial charge in [-0.25, -0.2) is 9.97 Å². The van der Waals surface area contributed by atoms with Gasteiger partial charge in [0.1, 0.15) is 5.75 Å². The summed E-state index contributed by atoms with van der Waals surface area (Å²) in [6, 6.07) is 1.86. The zero-order valence-corrected chi connectivity index (χ0v) is 8.77. The lowest BCUT2D eigenvalue weighted by atomic mass is 10.1. The van der Waals surface area contributed by atoms with Crippen molar-refractivity contribution in [2.45, 2.75) is 0 Å². The maximum Gasteiger partial charge on any atom is 0.222 e. The largest absolute Gasteiger partial charge is 0.495 e. The molecule has 0 bridgehead atoms. The Kier molecular flexibility index (Phi) is 2.78. The predicted molar refractivity (Wildman–Crippen MR) is 56.8 cm³/mol. The van der Waals surface area contributed by atoms with Crippen molar-refractivity contribution in [1.29, 1.82) is 0 Å². The van der Waals surface area contributed by atoms with Crippen molar-refractivity contribution in [2.75, 3.05) is 7.11 Å². The molecule has 5 heteroatoms. The third kappa shape index (κ3) is 2.22. The Hall–Kier alpha value is -1.68. The van der Waals surface area contributed by atoms with Gasteiger partial charge in [-0.3, -0.25) is 4.98 Å². The van der Waals surface area contributed by atoms with Gasteiger partial charge < -0.3 is 4.74 Å². The van der Waals surface area contributed by atoms with Gasteiger partial charge in [0.25, 0.3) is 0 Å². The fourth-order valence-corrected chi connectivity index (χ4v) is 1.25. The van der Waals surface area contributed by atoms with Crippen LogP contribution < -0.4 is 4.74 Å². The van der Waals surface area contributed by atoms with Crippen LogP contribution in [0.1, 0.15) is 0 Å². The molecule has 4 nitrogen and oxygen atoms in total. The van der Waals surface area contributed by atoms with Crippen LogP contribution in [0, 0.1) is 0 Å². The van der Waals surface area contributed by atoms with E-state index >= 15 is 0 Å². The fraction of sp³-hybridized carbons (Fsp3) is 0.100. The molecule has 0 spiro atoms. The van der Waals surface area contributed by atoms with E-state index in [0.29, 0.717) is 5.75 Å². The van der Waals surface area contributed by atoms with Crippen LogP contribution in [-0.2, 0) is 0 Å². The fourth-order valence-electron chi connectivity index (χ4n) is 1.15. The number of hydrogen-bond acceptors (Lipinski definition) is 4. The smallest absolute Gasteiger partial charge is 0.222 e. The van der Waals surface area contributed by atoms with Crippen molar-refractivity contribution in [3.8, 4) is 16.9 Å². The molecule has 0 fully saturated rings. The lowest BCUT2D eigenvalue weighted by molar-refractivity contribution is 0.413. The van der Waals surface area contributed by atoms with Crippen LogP contribution in [-0.4, -0.2) is 22.1 Å². The highest BCUT2D eigenvalue weighted by molar-refractivity contribution is 6.28. The lowest BCUT2D eigenvalue weighted by Gasteiger charge is -2.02. The predicted octanol–water partition coefficient (Wildman–Crippen LogP) is 2.20. The summed E-state index contributed by atoms with van der Waals surface area (Å²) in [5, 5.41) is 0.231. The van der Waals surface area contributed by atoms with Crippen molar-refractivity contribution >= 4 is 11.6 Å². The monoisotopic (exact) mass is 221 g/mol. The Morgan fingerprint density at radius 3 is 2.47 bits per heavy atom. The molecule has 2 aromatic heterocycles. The van der Waals surface area contributed by atoms with Gasteiger partial charge in [0.05, 0.1) is 13.3 Å². The Morgan fingerprint density at radius 1 is 1.07 bits per heavy atom. The van der Waals surface area contributed by atoms with E-state index in [-0.39, 0.29) is 5.28 Å². The number of aromatic nitrogens is 3. The topological polar surface area (TPSA) is 47.9 Å². The lowest BCUT2D eigenvalue weighted by Crippen LogP contribution is -1.88. The molecular weight excluding hydrogens is 214 g/mol. The molecule has 0 unspecified atom stereocenters. The van der Waals surface area contributed by atoms with Crippen LogP contribution in [0.15, 0.2) is 30.9 Å². The van der Waals surface area contributed by atoms with Crippen LogP contribution >= 0.6 is 11.6 Å². The van der Waals surface area contributed by atoms with Gasteiger partial charge in [-0.1, -0.05) is 0 Å². The highest BCUT2D eigenvalue weighted by atomic mass is 35.5. The number of pyridine rings is 1. The van der Waals surface area contributed by atoms with Gasteiger partial charge in [-0.2, -0.15) is 0 Å². The van der Waals surface area contributed by atoms with Gasteiger partial charge >= 0.3 is 0 Å². The molecule has 0 amide bonds. The summed E-state index contributed by atoms with van der Waals surface area (Å²) in [6.45, 7) is 0. The SMILES string of the molecule is COc1cncc(-c2cnc(Cl)nc2)c1. The molecule has 0 aliphatic carbocycles. The van der Waals surface area contributed by atoms with Crippen LogP contribution in [0.2, 0.25) is 5.28 Å². The summed E-state index contributed by atoms with van der Waals surface area (Å²) >= 11 is 5.60. The van der Waals surface area contributed by atoms with E-state index in [1.165, 1.54) is 0 Å². The Balaban J connectivity index is 2.40. The number of rotatable bonds is 2. The van der Waals surface area contributed by atoms with Crippen molar-refractivity contribution in [3.63, 3.8) is 0 Å². The normalized spacial score (nSPS) is 10.0. The van der Waals surface area contributed by atoms with Crippen LogP contribution in [0.4, 0.5) is 0 Å². The maximum absolute atomic E-state index is 5.60. The molecule has 0 atom stereocenters. The average molecular weight is 222 g/mol. The molecule has 15 heavy (non-hydrogen) atoms. The Bertz CT molecular complexity index is 458. The first kappa shape index (κ1) is 9.86. The molecule has 0 aliphatic rings. The molecule has 2 heterocycles. The van der Waals surface area contributed by atoms with Crippen LogP contribution in [0.5, 0.6) is 5.75 Å². The van der Waals surface area contributed by atoms with E-state index in [1.54, 1.807) is 31.9 Å². The average Bonchev–Trinajstić information content (AvgIpc) is 2.30. The highest BCUT2D eigenvalue weighted by Crippen LogP contribution is 2.21. The second kappa shape index (κ2) is 4.23. The summed E-state index contributed by atoms with van der Waals surface area (Å²) in [5.41, 5.74) is 1.75. The van der Waals surface area contributed by atoms with Gasteiger partial charge in [0.2, 0.25) is 5.28 Å². The first-order valence-electron chi connectivity index (χ1n) is 4.26. The van der Waals surface area contributed by atoms with Crippen molar-refractivity contribution < 1.29 is 4.74 Å². The maximum atomic E-state index is 5.60. The third-order valence-corrected chi connectivity index (χ3v) is 2.10. The van der Waals surface area contributed by atoms with Gasteiger partial charge in [0.15, 0.2) is 0 Å². The Labute approximate surface area is 91.9 Å². The van der Waals surface area contributed by atoms with Crippen LogP contribution in [0.3, 0.4) is 0 Å². The van der Waals surface area contributed by atoms with Gasteiger partial charge in [-0.15, -0.1) is 0 Å². The zero-order valence-electron chi connectivity index (χ0n) is 8.01. The summed E-state index contributed by atoms with van der Waals surface area (Å²) < 4.78 is 5.07. The molecule has 2 rings (SSSR count). The quantitative estimate of drug-likeness (QED) is 0.730. The summed E-state index contributed by atoms with van der Waals surface area (Å²) in [7, 11) is 1.60. The first-order chi connectivity index (χ1) is 7.29. The van der Waals surface area contributed by atoms with Gasteiger partial charge in [-0.05, 0) is 17.7 Å². The van der Waals surface area contributed by atoms with Crippen molar-refractivity contribution in [1.82, 2.24) is 15.0 Å². The minimum absolute atomic E-state index is 0.231. The Morgan fingerprint density at radius 2 is 1.80 bits per heavy atom. The number of methoxy groups -OCH3 is 1. The van der Waals surface area contributed by atoms with Gasteiger partial charge in [0, 0.05) is 29.7 Å². The van der Waals surface area contributed by atoms with Crippen molar-refractivity contribution in [2.24, 2.45) is 0 Å². The molecule has 0 radical (unpaired) electrons. The number of nitrogens with zero attached hydrogens (tertiary/aromatic N) is 3. The second-order valence-corrected chi connectivity index (χ2v) is 3.19. The molecule has 0 aliphatic heterocycles. The second-order valence-electron chi connectivity index (χ2n) is 2.85. The summed E-state index contributed by atoms with van der Waals surface area (Å²) in [5.74, 6) is 0.697. The molecule has 0 aromatic carbocycles. The van der Waals surface area contributed by atoms with E-state index in [9.17, 15) is 0 Å². The number of hydrogen-bond donors (Lipinski definition) is 0.